The summed E-state index contributed by atoms with van der Waals surface area (Å²) in [6.45, 7) is 27.3. The normalized spacial score (nSPS) is 12.0. The van der Waals surface area contributed by atoms with E-state index in [1.54, 1.807) is 6.07 Å². The van der Waals surface area contributed by atoms with Crippen molar-refractivity contribution in [1.29, 1.82) is 0 Å². The van der Waals surface area contributed by atoms with Crippen molar-refractivity contribution in [3.8, 4) is 56.3 Å². The van der Waals surface area contributed by atoms with Gasteiger partial charge in [-0.2, -0.15) is 9.13 Å². The van der Waals surface area contributed by atoms with E-state index in [2.05, 4.69) is 227 Å². The summed E-state index contributed by atoms with van der Waals surface area (Å²) in [5, 5.41) is 0. The zero-order valence-electron chi connectivity index (χ0n) is 58.9. The quantitative estimate of drug-likeness (QED) is 0.153. The van der Waals surface area contributed by atoms with Crippen LogP contribution in [0.25, 0.3) is 56.3 Å². The van der Waals surface area contributed by atoms with E-state index >= 15 is 0 Å². The minimum Gasteiger partial charge on any atom is -0.201 e. The summed E-state index contributed by atoms with van der Waals surface area (Å²) in [5.74, 6) is 0. The SMILES string of the molecule is Cc1cc(C)c(C)c(-c2cccc[n+]2C)c1.Cc1ccc(-c2cccc[n+]2C)c(C)c1C.Cc1ccccc1-c1cc(C)c(C)c(C)[n+]1C.[2H]C([2H])([2H])c1c(C)cc(-c2ccccc2C)[n+](C)c1C.[2H]C([2H])([2H])c1ccc(-c2cccc[n+]2C)c(C)c1C. The van der Waals surface area contributed by atoms with Gasteiger partial charge in [0, 0.05) is 110 Å². The van der Waals surface area contributed by atoms with Crippen LogP contribution >= 0.6 is 0 Å². The van der Waals surface area contributed by atoms with Crippen LogP contribution in [-0.4, -0.2) is 0 Å². The fourth-order valence-corrected chi connectivity index (χ4v) is 10.4. The van der Waals surface area contributed by atoms with Crippen LogP contribution in [0.4, 0.5) is 0 Å². The van der Waals surface area contributed by atoms with Crippen LogP contribution in [0, 0.1) is 118 Å². The van der Waals surface area contributed by atoms with Gasteiger partial charge in [-0.3, -0.25) is 0 Å². The molecule has 0 N–H and O–H groups in total. The highest BCUT2D eigenvalue weighted by Gasteiger charge is 2.20. The fourth-order valence-electron chi connectivity index (χ4n) is 10.4. The minimum absolute atomic E-state index is 0.437. The topological polar surface area (TPSA) is 19.4 Å². The molecule has 0 radical (unpaired) electrons. The highest BCUT2D eigenvalue weighted by Crippen LogP contribution is 2.29. The molecule has 0 atom stereocenters. The first-order valence-electron chi connectivity index (χ1n) is 31.5. The molecule has 0 saturated heterocycles. The summed E-state index contributed by atoms with van der Waals surface area (Å²) in [6, 6.07) is 52.1. The number of pyridine rings is 5. The summed E-state index contributed by atoms with van der Waals surface area (Å²) < 4.78 is 56.4. The number of rotatable bonds is 5. The zero-order chi connectivity index (χ0) is 65.3. The lowest BCUT2D eigenvalue weighted by molar-refractivity contribution is -0.667. The van der Waals surface area contributed by atoms with E-state index < -0.39 is 13.7 Å². The Morgan fingerprint density at radius 3 is 1.06 bits per heavy atom. The highest BCUT2D eigenvalue weighted by atomic mass is 15.0. The third-order valence-electron chi connectivity index (χ3n) is 16.8. The number of benzene rings is 5. The maximum Gasteiger partial charge on any atom is 0.212 e. The van der Waals surface area contributed by atoms with Crippen LogP contribution in [-0.2, 0) is 35.2 Å². The first-order valence-corrected chi connectivity index (χ1v) is 28.5. The first-order chi connectivity index (χ1) is 41.3. The molecule has 10 aromatic rings. The van der Waals surface area contributed by atoms with E-state index in [9.17, 15) is 0 Å². The molecule has 5 aromatic carbocycles. The van der Waals surface area contributed by atoms with Gasteiger partial charge in [-0.05, 0) is 219 Å². The first kappa shape index (κ1) is 54.4. The van der Waals surface area contributed by atoms with Crippen molar-refractivity contribution in [1.82, 2.24) is 0 Å². The summed E-state index contributed by atoms with van der Waals surface area (Å²) in [5.41, 5.74) is 31.3. The monoisotopic (exact) mass is 1090 g/mol. The molecular formula is C77H94N5+5. The number of hydrogen-bond acceptors (Lipinski definition) is 0. The third kappa shape index (κ3) is 14.7. The molecule has 0 unspecified atom stereocenters. The largest absolute Gasteiger partial charge is 0.212 e. The highest BCUT2D eigenvalue weighted by molar-refractivity contribution is 5.67. The second kappa shape index (κ2) is 28.0. The lowest BCUT2D eigenvalue weighted by Gasteiger charge is -2.09. The molecule has 82 heavy (non-hydrogen) atoms. The van der Waals surface area contributed by atoms with E-state index in [1.807, 2.05) is 99.6 Å². The summed E-state index contributed by atoms with van der Waals surface area (Å²) in [6.07, 6.45) is 6.16. The fraction of sp³-hybridized carbons (Fsp3) is 0.286. The number of nitrogens with zero attached hydrogens (tertiary/aromatic N) is 5. The molecule has 0 bridgehead atoms. The van der Waals surface area contributed by atoms with Crippen molar-refractivity contribution in [2.75, 3.05) is 0 Å². The van der Waals surface area contributed by atoms with E-state index in [1.165, 1.54) is 95.1 Å². The predicted molar refractivity (Wildman–Crippen MR) is 346 cm³/mol. The van der Waals surface area contributed by atoms with Crippen LogP contribution in [0.15, 0.2) is 170 Å². The molecule has 5 nitrogen and oxygen atoms in total. The Bertz CT molecular complexity index is 4130. The molecule has 10 rings (SSSR count). The second-order valence-electron chi connectivity index (χ2n) is 22.3. The Kier molecular flexibility index (Phi) is 18.6. The average Bonchev–Trinajstić information content (AvgIpc) is 1.09. The molecule has 0 saturated carbocycles. The number of aryl methyl sites for hydroxylation is 11. The molecule has 0 spiro atoms. The van der Waals surface area contributed by atoms with Crippen molar-refractivity contribution >= 4 is 0 Å². The van der Waals surface area contributed by atoms with Crippen LogP contribution in [0.3, 0.4) is 0 Å². The van der Waals surface area contributed by atoms with E-state index in [0.29, 0.717) is 11.1 Å². The molecule has 5 heterocycles. The Balaban J connectivity index is 0.000000176. The third-order valence-corrected chi connectivity index (χ3v) is 16.8. The Morgan fingerprint density at radius 1 is 0.256 bits per heavy atom. The molecular weight excluding hydrogens is 995 g/mol. The Labute approximate surface area is 503 Å². The molecule has 5 aromatic heterocycles. The Hall–Kier alpha value is -8.15. The minimum atomic E-state index is -2.07. The van der Waals surface area contributed by atoms with Gasteiger partial charge in [-0.15, -0.1) is 0 Å². The van der Waals surface area contributed by atoms with Gasteiger partial charge < -0.3 is 0 Å². The van der Waals surface area contributed by atoms with E-state index in [-0.39, 0.29) is 0 Å². The van der Waals surface area contributed by atoms with Gasteiger partial charge in [0.15, 0.2) is 30.0 Å². The van der Waals surface area contributed by atoms with Crippen LogP contribution < -0.4 is 22.8 Å². The second-order valence-corrected chi connectivity index (χ2v) is 22.3. The van der Waals surface area contributed by atoms with Crippen LogP contribution in [0.5, 0.6) is 0 Å². The maximum absolute atomic E-state index is 7.69. The number of aromatic nitrogens is 5. The van der Waals surface area contributed by atoms with Gasteiger partial charge in [0.2, 0.25) is 28.5 Å². The zero-order valence-corrected chi connectivity index (χ0v) is 52.9. The lowest BCUT2D eigenvalue weighted by Crippen LogP contribution is -2.36. The van der Waals surface area contributed by atoms with Gasteiger partial charge in [0.05, 0.1) is 0 Å². The summed E-state index contributed by atoms with van der Waals surface area (Å²) in [7, 11) is 10.2. The molecule has 0 aliphatic rings. The Morgan fingerprint density at radius 2 is 0.634 bits per heavy atom. The van der Waals surface area contributed by atoms with Crippen molar-refractivity contribution in [3.05, 3.63) is 265 Å². The molecule has 0 aliphatic carbocycles. The smallest absolute Gasteiger partial charge is 0.201 e. The maximum atomic E-state index is 7.69. The van der Waals surface area contributed by atoms with E-state index in [0.717, 1.165) is 44.9 Å². The molecule has 0 fully saturated rings. The standard InChI is InChI=1S/2C16H20N.3C15H18N/c2*1-11-8-6-7-9-15(11)16-10-12(2)13(3)14(4)17(16)5;2*1-11-8-9-14(13(3)12(11)2)15-7-5-6-10-16(15)4;1-11-9-12(2)13(3)14(10-11)15-7-5-6-8-16(15)4/h2*6-10H,1-5H3;3*5-10H,1-4H3/q5*+1/i3D3;;1D3;;. The number of hydrogen-bond donors (Lipinski definition) is 0. The van der Waals surface area contributed by atoms with Crippen LogP contribution in [0.2, 0.25) is 0 Å². The van der Waals surface area contributed by atoms with Gasteiger partial charge in [-0.25, -0.2) is 13.7 Å². The molecule has 422 valence electrons. The van der Waals surface area contributed by atoms with Gasteiger partial charge >= 0.3 is 0 Å². The van der Waals surface area contributed by atoms with Crippen molar-refractivity contribution < 1.29 is 31.1 Å². The molecule has 5 heteroatoms. The van der Waals surface area contributed by atoms with Crippen molar-refractivity contribution in [2.45, 2.75) is 118 Å². The van der Waals surface area contributed by atoms with Gasteiger partial charge in [0.25, 0.3) is 0 Å². The van der Waals surface area contributed by atoms with Crippen molar-refractivity contribution in [3.63, 3.8) is 0 Å². The summed E-state index contributed by atoms with van der Waals surface area (Å²) in [4.78, 5) is 0. The molecule has 0 amide bonds. The van der Waals surface area contributed by atoms with Gasteiger partial charge in [-0.1, -0.05) is 60.2 Å². The van der Waals surface area contributed by atoms with Gasteiger partial charge in [0.1, 0.15) is 35.2 Å². The van der Waals surface area contributed by atoms with Crippen LogP contribution in [0.1, 0.15) is 103 Å². The molecule has 0 aliphatic heterocycles. The predicted octanol–water partition coefficient (Wildman–Crippen LogP) is 16.1. The van der Waals surface area contributed by atoms with E-state index in [4.69, 9.17) is 8.22 Å². The summed E-state index contributed by atoms with van der Waals surface area (Å²) >= 11 is 0. The average molecular weight is 1100 g/mol. The lowest BCUT2D eigenvalue weighted by atomic mass is 9.96. The van der Waals surface area contributed by atoms with Crippen molar-refractivity contribution in [2.24, 2.45) is 35.2 Å².